The van der Waals surface area contributed by atoms with Crippen molar-refractivity contribution in [3.8, 4) is 0 Å². The van der Waals surface area contributed by atoms with Crippen LogP contribution in [0.2, 0.25) is 0 Å². The number of anilines is 2. The Hall–Kier alpha value is -2.41. The third-order valence-electron chi connectivity index (χ3n) is 2.55. The molecule has 0 aromatic heterocycles. The Morgan fingerprint density at radius 1 is 1.44 bits per heavy atom. The maximum absolute atomic E-state index is 11.4. The molecule has 0 spiro atoms. The van der Waals surface area contributed by atoms with E-state index in [2.05, 4.69) is 10.6 Å². The van der Waals surface area contributed by atoms with E-state index in [1.807, 2.05) is 0 Å². The van der Waals surface area contributed by atoms with E-state index in [0.717, 1.165) is 5.56 Å². The van der Waals surface area contributed by atoms with Gasteiger partial charge in [-0.25, -0.2) is 4.79 Å². The molecule has 0 saturated carbocycles. The standard InChI is InChI=1S/C11H11N3O4/c12-9(11(17)18)10(16)13-6-1-2-7-5(3-6)4-8(15)14-7/h1-3,9H,4,12H2,(H,13,16)(H,14,15)(H,17,18). The molecule has 2 amide bonds. The normalized spacial score (nSPS) is 14.6. The maximum atomic E-state index is 11.4. The van der Waals surface area contributed by atoms with Crippen molar-refractivity contribution in [1.82, 2.24) is 0 Å². The van der Waals surface area contributed by atoms with E-state index in [9.17, 15) is 14.4 Å². The number of carboxylic acids is 1. The monoisotopic (exact) mass is 249 g/mol. The van der Waals surface area contributed by atoms with Crippen LogP contribution in [0.1, 0.15) is 5.56 Å². The topological polar surface area (TPSA) is 122 Å². The van der Waals surface area contributed by atoms with Crippen LogP contribution in [0.3, 0.4) is 0 Å². The van der Waals surface area contributed by atoms with E-state index in [-0.39, 0.29) is 12.3 Å². The summed E-state index contributed by atoms with van der Waals surface area (Å²) in [6.07, 6.45) is 0.240. The van der Waals surface area contributed by atoms with Crippen molar-refractivity contribution in [1.29, 1.82) is 0 Å². The first-order chi connectivity index (χ1) is 8.47. The lowest BCUT2D eigenvalue weighted by Crippen LogP contribution is -2.42. The third-order valence-corrected chi connectivity index (χ3v) is 2.55. The van der Waals surface area contributed by atoms with Crippen LogP contribution in [0.5, 0.6) is 0 Å². The minimum absolute atomic E-state index is 0.115. The van der Waals surface area contributed by atoms with Gasteiger partial charge in [-0.1, -0.05) is 0 Å². The average molecular weight is 249 g/mol. The van der Waals surface area contributed by atoms with Crippen molar-refractivity contribution >= 4 is 29.2 Å². The number of hydrogen-bond acceptors (Lipinski definition) is 4. The molecule has 1 aliphatic rings. The number of carbonyl (C=O) groups is 3. The summed E-state index contributed by atoms with van der Waals surface area (Å²) in [5.74, 6) is -2.32. The second-order valence-corrected chi connectivity index (χ2v) is 3.90. The molecular weight excluding hydrogens is 238 g/mol. The zero-order valence-corrected chi connectivity index (χ0v) is 9.27. The van der Waals surface area contributed by atoms with Gasteiger partial charge in [0.2, 0.25) is 5.91 Å². The lowest BCUT2D eigenvalue weighted by Gasteiger charge is -2.09. The third kappa shape index (κ3) is 2.30. The highest BCUT2D eigenvalue weighted by Gasteiger charge is 2.22. The molecule has 1 aliphatic heterocycles. The lowest BCUT2D eigenvalue weighted by molar-refractivity contribution is -0.141. The highest BCUT2D eigenvalue weighted by atomic mass is 16.4. The summed E-state index contributed by atoms with van der Waals surface area (Å²) in [6, 6.07) is 3.21. The SMILES string of the molecule is NC(C(=O)O)C(=O)Nc1ccc2c(c1)CC(=O)N2. The number of nitrogens with two attached hydrogens (primary N) is 1. The van der Waals surface area contributed by atoms with Crippen molar-refractivity contribution in [3.63, 3.8) is 0 Å². The Kier molecular flexibility index (Phi) is 2.99. The Morgan fingerprint density at radius 2 is 2.17 bits per heavy atom. The fraction of sp³-hybridized carbons (Fsp3) is 0.182. The van der Waals surface area contributed by atoms with E-state index in [4.69, 9.17) is 10.8 Å². The maximum Gasteiger partial charge on any atom is 0.330 e. The average Bonchev–Trinajstić information content (AvgIpc) is 2.67. The molecule has 1 heterocycles. The van der Waals surface area contributed by atoms with Gasteiger partial charge in [0, 0.05) is 11.4 Å². The molecular formula is C11H11N3O4. The summed E-state index contributed by atoms with van der Waals surface area (Å²) in [7, 11) is 0. The van der Waals surface area contributed by atoms with E-state index in [0.29, 0.717) is 11.4 Å². The molecule has 1 aromatic rings. The molecule has 18 heavy (non-hydrogen) atoms. The summed E-state index contributed by atoms with van der Waals surface area (Å²) in [5, 5.41) is 13.6. The Balaban J connectivity index is 2.12. The predicted octanol–water partition coefficient (Wildman–Crippen LogP) is -0.468. The number of benzene rings is 1. The van der Waals surface area contributed by atoms with Gasteiger partial charge in [-0.15, -0.1) is 0 Å². The van der Waals surface area contributed by atoms with Crippen molar-refractivity contribution < 1.29 is 19.5 Å². The second-order valence-electron chi connectivity index (χ2n) is 3.90. The first-order valence-corrected chi connectivity index (χ1v) is 5.19. The molecule has 0 aliphatic carbocycles. The van der Waals surface area contributed by atoms with Gasteiger partial charge in [-0.05, 0) is 23.8 Å². The number of fused-ring (bicyclic) bond motifs is 1. The number of rotatable bonds is 3. The molecule has 0 fully saturated rings. The first kappa shape index (κ1) is 12.1. The number of carboxylic acid groups (broad SMARTS) is 1. The van der Waals surface area contributed by atoms with Crippen molar-refractivity contribution in [2.24, 2.45) is 5.73 Å². The zero-order chi connectivity index (χ0) is 13.3. The number of aliphatic carboxylic acids is 1. The molecule has 1 unspecified atom stereocenters. The highest BCUT2D eigenvalue weighted by Crippen LogP contribution is 2.25. The summed E-state index contributed by atoms with van der Waals surface area (Å²) in [5.41, 5.74) is 7.02. The van der Waals surface area contributed by atoms with E-state index in [1.165, 1.54) is 0 Å². The van der Waals surface area contributed by atoms with Gasteiger partial charge in [0.15, 0.2) is 6.04 Å². The van der Waals surface area contributed by atoms with E-state index >= 15 is 0 Å². The van der Waals surface area contributed by atoms with Gasteiger partial charge in [0.1, 0.15) is 0 Å². The Bertz CT molecular complexity index is 541. The van der Waals surface area contributed by atoms with Gasteiger partial charge in [-0.3, -0.25) is 9.59 Å². The van der Waals surface area contributed by atoms with Crippen LogP contribution in [-0.2, 0) is 20.8 Å². The first-order valence-electron chi connectivity index (χ1n) is 5.19. The summed E-state index contributed by atoms with van der Waals surface area (Å²) < 4.78 is 0. The molecule has 7 heteroatoms. The number of carbonyl (C=O) groups excluding carboxylic acids is 2. The molecule has 1 atom stereocenters. The minimum Gasteiger partial charge on any atom is -0.480 e. The molecule has 1 aromatic carbocycles. The summed E-state index contributed by atoms with van der Waals surface area (Å²) in [4.78, 5) is 33.1. The van der Waals surface area contributed by atoms with Crippen LogP contribution in [0.15, 0.2) is 18.2 Å². The van der Waals surface area contributed by atoms with Gasteiger partial charge >= 0.3 is 5.97 Å². The zero-order valence-electron chi connectivity index (χ0n) is 9.27. The summed E-state index contributed by atoms with van der Waals surface area (Å²) in [6.45, 7) is 0. The fourth-order valence-corrected chi connectivity index (χ4v) is 1.64. The molecule has 0 saturated heterocycles. The molecule has 0 bridgehead atoms. The summed E-state index contributed by atoms with van der Waals surface area (Å²) >= 11 is 0. The van der Waals surface area contributed by atoms with Gasteiger partial charge in [0.25, 0.3) is 5.91 Å². The lowest BCUT2D eigenvalue weighted by atomic mass is 10.1. The van der Waals surface area contributed by atoms with E-state index < -0.39 is 17.9 Å². The van der Waals surface area contributed by atoms with Crippen LogP contribution in [0.4, 0.5) is 11.4 Å². The molecule has 2 rings (SSSR count). The van der Waals surface area contributed by atoms with Crippen molar-refractivity contribution in [2.45, 2.75) is 12.5 Å². The van der Waals surface area contributed by atoms with Crippen LogP contribution < -0.4 is 16.4 Å². The second kappa shape index (κ2) is 4.46. The predicted molar refractivity (Wildman–Crippen MR) is 63.0 cm³/mol. The van der Waals surface area contributed by atoms with Crippen molar-refractivity contribution in [3.05, 3.63) is 23.8 Å². The van der Waals surface area contributed by atoms with Gasteiger partial charge in [-0.2, -0.15) is 0 Å². The smallest absolute Gasteiger partial charge is 0.330 e. The largest absolute Gasteiger partial charge is 0.480 e. The molecule has 5 N–H and O–H groups in total. The van der Waals surface area contributed by atoms with E-state index in [1.54, 1.807) is 18.2 Å². The molecule has 0 radical (unpaired) electrons. The van der Waals surface area contributed by atoms with Crippen molar-refractivity contribution in [2.75, 3.05) is 10.6 Å². The Morgan fingerprint density at radius 3 is 2.83 bits per heavy atom. The number of amides is 2. The quantitative estimate of drug-likeness (QED) is 0.539. The molecule has 7 nitrogen and oxygen atoms in total. The number of hydrogen-bond donors (Lipinski definition) is 4. The number of nitrogens with one attached hydrogen (secondary N) is 2. The van der Waals surface area contributed by atoms with Crippen LogP contribution in [-0.4, -0.2) is 28.9 Å². The highest BCUT2D eigenvalue weighted by molar-refractivity contribution is 6.08. The van der Waals surface area contributed by atoms with Crippen LogP contribution >= 0.6 is 0 Å². The molecule has 94 valence electrons. The minimum atomic E-state index is -1.61. The van der Waals surface area contributed by atoms with Gasteiger partial charge in [0.05, 0.1) is 6.42 Å². The van der Waals surface area contributed by atoms with Crippen LogP contribution in [0, 0.1) is 0 Å². The Labute approximate surface area is 102 Å². The fourth-order valence-electron chi connectivity index (χ4n) is 1.64. The van der Waals surface area contributed by atoms with Crippen LogP contribution in [0.25, 0.3) is 0 Å². The van der Waals surface area contributed by atoms with Gasteiger partial charge < -0.3 is 21.5 Å².